The largest absolute Gasteiger partial charge is 0.457 e. The highest BCUT2D eigenvalue weighted by Gasteiger charge is 1.98. The molecular weight excluding hydrogens is 260 g/mol. The molecule has 0 aliphatic rings. The van der Waals surface area contributed by atoms with Crippen molar-refractivity contribution in [3.63, 3.8) is 0 Å². The van der Waals surface area contributed by atoms with Gasteiger partial charge < -0.3 is 4.74 Å². The Hall–Kier alpha value is -2.06. The number of carbonyl (C=O) groups excluding carboxylic acids is 1. The first-order chi connectivity index (χ1) is 9.13. The van der Waals surface area contributed by atoms with Gasteiger partial charge >= 0.3 is 0 Å². The number of carbonyl (C=O) groups is 1. The first kappa shape index (κ1) is 13.4. The van der Waals surface area contributed by atoms with Gasteiger partial charge in [-0.3, -0.25) is 4.79 Å². The van der Waals surface area contributed by atoms with Gasteiger partial charge in [-0.05, 0) is 55.0 Å². The lowest BCUT2D eigenvalue weighted by Gasteiger charge is -2.06. The van der Waals surface area contributed by atoms with E-state index in [9.17, 15) is 4.79 Å². The lowest BCUT2D eigenvalue weighted by Crippen LogP contribution is -1.85. The van der Waals surface area contributed by atoms with E-state index < -0.39 is 0 Å². The minimum atomic E-state index is 0.0176. The molecule has 2 aromatic carbocycles. The lowest BCUT2D eigenvalue weighted by molar-refractivity contribution is -0.112. The first-order valence-electron chi connectivity index (χ1n) is 5.85. The van der Waals surface area contributed by atoms with E-state index in [1.165, 1.54) is 13.0 Å². The zero-order valence-corrected chi connectivity index (χ0v) is 11.2. The number of halogens is 1. The minimum absolute atomic E-state index is 0.0176. The third kappa shape index (κ3) is 4.27. The second-order valence-corrected chi connectivity index (χ2v) is 4.51. The SMILES string of the molecule is CC(=O)/C=C/c1cccc(Oc2ccc(Cl)cc2)c1. The van der Waals surface area contributed by atoms with Crippen molar-refractivity contribution in [2.45, 2.75) is 6.92 Å². The van der Waals surface area contributed by atoms with Gasteiger partial charge in [-0.1, -0.05) is 29.8 Å². The Balaban J connectivity index is 2.15. The highest BCUT2D eigenvalue weighted by atomic mass is 35.5. The molecule has 0 aromatic heterocycles. The normalized spacial score (nSPS) is 10.6. The molecule has 2 aromatic rings. The van der Waals surface area contributed by atoms with Gasteiger partial charge in [-0.2, -0.15) is 0 Å². The molecule has 0 spiro atoms. The Bertz CT molecular complexity index is 600. The van der Waals surface area contributed by atoms with Crippen LogP contribution in [-0.4, -0.2) is 5.78 Å². The fourth-order valence-electron chi connectivity index (χ4n) is 1.53. The molecule has 0 N–H and O–H groups in total. The van der Waals surface area contributed by atoms with E-state index in [0.717, 1.165) is 11.3 Å². The number of hydrogen-bond donors (Lipinski definition) is 0. The molecule has 2 nitrogen and oxygen atoms in total. The van der Waals surface area contributed by atoms with E-state index in [1.54, 1.807) is 30.3 Å². The lowest BCUT2D eigenvalue weighted by atomic mass is 10.2. The smallest absolute Gasteiger partial charge is 0.152 e. The fourth-order valence-corrected chi connectivity index (χ4v) is 1.66. The monoisotopic (exact) mass is 272 g/mol. The molecule has 0 saturated carbocycles. The summed E-state index contributed by atoms with van der Waals surface area (Å²) in [4.78, 5) is 10.9. The van der Waals surface area contributed by atoms with E-state index in [1.807, 2.05) is 24.3 Å². The second kappa shape index (κ2) is 6.21. The van der Waals surface area contributed by atoms with Gasteiger partial charge in [0.25, 0.3) is 0 Å². The quantitative estimate of drug-likeness (QED) is 0.752. The number of benzene rings is 2. The Kier molecular flexibility index (Phi) is 4.37. The van der Waals surface area contributed by atoms with Crippen LogP contribution in [-0.2, 0) is 4.79 Å². The number of ether oxygens (including phenoxy) is 1. The van der Waals surface area contributed by atoms with Gasteiger partial charge in [-0.15, -0.1) is 0 Å². The molecule has 0 radical (unpaired) electrons. The third-order valence-electron chi connectivity index (χ3n) is 2.42. The molecule has 19 heavy (non-hydrogen) atoms. The standard InChI is InChI=1S/C16H13ClO2/c1-12(18)5-6-13-3-2-4-16(11-13)19-15-9-7-14(17)8-10-15/h2-11H,1H3/b6-5+. The fraction of sp³-hybridized carbons (Fsp3) is 0.0625. The van der Waals surface area contributed by atoms with Crippen LogP contribution in [0, 0.1) is 0 Å². The molecule has 3 heteroatoms. The topological polar surface area (TPSA) is 26.3 Å². The van der Waals surface area contributed by atoms with Crippen molar-refractivity contribution in [2.75, 3.05) is 0 Å². The van der Waals surface area contributed by atoms with Gasteiger partial charge in [0.2, 0.25) is 0 Å². The molecule has 0 saturated heterocycles. The number of ketones is 1. The summed E-state index contributed by atoms with van der Waals surface area (Å²) >= 11 is 5.81. The molecule has 2 rings (SSSR count). The van der Waals surface area contributed by atoms with Crippen molar-refractivity contribution in [1.82, 2.24) is 0 Å². The maximum atomic E-state index is 10.9. The van der Waals surface area contributed by atoms with Crippen LogP contribution in [0.25, 0.3) is 6.08 Å². The van der Waals surface area contributed by atoms with Gasteiger partial charge in [0.15, 0.2) is 5.78 Å². The second-order valence-electron chi connectivity index (χ2n) is 4.07. The summed E-state index contributed by atoms with van der Waals surface area (Å²) in [5.74, 6) is 1.45. The van der Waals surface area contributed by atoms with Crippen LogP contribution in [0.4, 0.5) is 0 Å². The zero-order valence-electron chi connectivity index (χ0n) is 10.5. The number of allylic oxidation sites excluding steroid dienone is 1. The van der Waals surface area contributed by atoms with Crippen molar-refractivity contribution in [1.29, 1.82) is 0 Å². The van der Waals surface area contributed by atoms with Crippen LogP contribution in [0.5, 0.6) is 11.5 Å². The van der Waals surface area contributed by atoms with Crippen LogP contribution in [0.1, 0.15) is 12.5 Å². The summed E-state index contributed by atoms with van der Waals surface area (Å²) in [6, 6.07) is 14.7. The van der Waals surface area contributed by atoms with Crippen LogP contribution in [0.2, 0.25) is 5.02 Å². The summed E-state index contributed by atoms with van der Waals surface area (Å²) in [6.07, 6.45) is 3.29. The van der Waals surface area contributed by atoms with E-state index in [2.05, 4.69) is 0 Å². The Morgan fingerprint density at radius 3 is 2.53 bits per heavy atom. The van der Waals surface area contributed by atoms with Gasteiger partial charge in [0, 0.05) is 5.02 Å². The molecule has 0 aliphatic carbocycles. The van der Waals surface area contributed by atoms with Crippen molar-refractivity contribution in [3.05, 3.63) is 65.2 Å². The Morgan fingerprint density at radius 2 is 1.84 bits per heavy atom. The van der Waals surface area contributed by atoms with Crippen molar-refractivity contribution < 1.29 is 9.53 Å². The molecular formula is C16H13ClO2. The minimum Gasteiger partial charge on any atom is -0.457 e. The van der Waals surface area contributed by atoms with Crippen LogP contribution < -0.4 is 4.74 Å². The molecule has 0 fully saturated rings. The third-order valence-corrected chi connectivity index (χ3v) is 2.67. The van der Waals surface area contributed by atoms with Crippen molar-refractivity contribution in [2.24, 2.45) is 0 Å². The number of rotatable bonds is 4. The van der Waals surface area contributed by atoms with Crippen molar-refractivity contribution >= 4 is 23.5 Å². The predicted molar refractivity (Wildman–Crippen MR) is 77.7 cm³/mol. The molecule has 0 bridgehead atoms. The summed E-state index contributed by atoms with van der Waals surface area (Å²) in [5, 5.41) is 0.672. The molecule has 0 heterocycles. The average Bonchev–Trinajstić information content (AvgIpc) is 2.40. The van der Waals surface area contributed by atoms with Crippen LogP contribution >= 0.6 is 11.6 Å². The first-order valence-corrected chi connectivity index (χ1v) is 6.23. The molecule has 0 atom stereocenters. The van der Waals surface area contributed by atoms with Gasteiger partial charge in [0.05, 0.1) is 0 Å². The summed E-state index contributed by atoms with van der Waals surface area (Å²) in [6.45, 7) is 1.52. The zero-order chi connectivity index (χ0) is 13.7. The Morgan fingerprint density at radius 1 is 1.11 bits per heavy atom. The van der Waals surface area contributed by atoms with E-state index in [-0.39, 0.29) is 5.78 Å². The molecule has 0 aliphatic heterocycles. The number of hydrogen-bond acceptors (Lipinski definition) is 2. The highest BCUT2D eigenvalue weighted by molar-refractivity contribution is 6.30. The van der Waals surface area contributed by atoms with Gasteiger partial charge in [0.1, 0.15) is 11.5 Å². The van der Waals surface area contributed by atoms with E-state index in [4.69, 9.17) is 16.3 Å². The molecule has 96 valence electrons. The molecule has 0 amide bonds. The predicted octanol–water partition coefficient (Wildman–Crippen LogP) is 4.73. The Labute approximate surface area is 117 Å². The maximum Gasteiger partial charge on any atom is 0.152 e. The van der Waals surface area contributed by atoms with E-state index in [0.29, 0.717) is 10.8 Å². The van der Waals surface area contributed by atoms with Crippen LogP contribution in [0.15, 0.2) is 54.6 Å². The van der Waals surface area contributed by atoms with Crippen LogP contribution in [0.3, 0.4) is 0 Å². The van der Waals surface area contributed by atoms with Crippen molar-refractivity contribution in [3.8, 4) is 11.5 Å². The highest BCUT2D eigenvalue weighted by Crippen LogP contribution is 2.24. The summed E-state index contributed by atoms with van der Waals surface area (Å²) < 4.78 is 5.70. The summed E-state index contributed by atoms with van der Waals surface area (Å²) in [7, 11) is 0. The average molecular weight is 273 g/mol. The maximum absolute atomic E-state index is 10.9. The van der Waals surface area contributed by atoms with E-state index >= 15 is 0 Å². The van der Waals surface area contributed by atoms with Gasteiger partial charge in [-0.25, -0.2) is 0 Å². The summed E-state index contributed by atoms with van der Waals surface area (Å²) in [5.41, 5.74) is 0.918. The molecule has 0 unspecified atom stereocenters.